The highest BCUT2D eigenvalue weighted by molar-refractivity contribution is 6.05. The van der Waals surface area contributed by atoms with Gasteiger partial charge in [0.15, 0.2) is 0 Å². The number of likely N-dealkylation sites (tertiary alicyclic amines) is 1. The van der Waals surface area contributed by atoms with Crippen molar-refractivity contribution in [1.29, 1.82) is 0 Å². The van der Waals surface area contributed by atoms with Crippen LogP contribution in [0.25, 0.3) is 0 Å². The average Bonchev–Trinajstić information content (AvgIpc) is 3.19. The molecule has 3 N–H and O–H groups in total. The van der Waals surface area contributed by atoms with Gasteiger partial charge in [-0.15, -0.1) is 0 Å². The van der Waals surface area contributed by atoms with E-state index < -0.39 is 6.04 Å². The van der Waals surface area contributed by atoms with Gasteiger partial charge in [-0.2, -0.15) is 0 Å². The third-order valence-electron chi connectivity index (χ3n) is 6.86. The Labute approximate surface area is 169 Å². The third-order valence-corrected chi connectivity index (χ3v) is 6.86. The van der Waals surface area contributed by atoms with Gasteiger partial charge in [0.25, 0.3) is 5.91 Å². The lowest BCUT2D eigenvalue weighted by atomic mass is 9.85. The van der Waals surface area contributed by atoms with Crippen molar-refractivity contribution >= 4 is 17.7 Å². The molecule has 5 rings (SSSR count). The summed E-state index contributed by atoms with van der Waals surface area (Å²) in [5, 5.41) is 2.35. The Morgan fingerprint density at radius 3 is 2.90 bits per heavy atom. The molecule has 4 heterocycles. The number of amides is 3. The summed E-state index contributed by atoms with van der Waals surface area (Å²) < 4.78 is 5.61. The van der Waals surface area contributed by atoms with Gasteiger partial charge in [0.2, 0.25) is 11.8 Å². The number of nitrogens with one attached hydrogen (secondary N) is 1. The third kappa shape index (κ3) is 3.15. The number of nitrogens with zero attached hydrogens (tertiary/aromatic N) is 2. The summed E-state index contributed by atoms with van der Waals surface area (Å²) in [6.45, 7) is 4.23. The van der Waals surface area contributed by atoms with Crippen molar-refractivity contribution in [3.05, 3.63) is 34.9 Å². The molecular formula is C21H26N4O4. The number of hydrogen-bond acceptors (Lipinski definition) is 6. The molecule has 0 spiro atoms. The molecule has 3 atom stereocenters. The molecule has 0 bridgehead atoms. The number of hydrogen-bond donors (Lipinski definition) is 2. The van der Waals surface area contributed by atoms with Gasteiger partial charge in [-0.1, -0.05) is 12.1 Å². The Morgan fingerprint density at radius 1 is 1.24 bits per heavy atom. The van der Waals surface area contributed by atoms with Crippen LogP contribution < -0.4 is 11.1 Å². The predicted molar refractivity (Wildman–Crippen MR) is 104 cm³/mol. The first kappa shape index (κ1) is 18.7. The maximum absolute atomic E-state index is 13.0. The number of carbonyl (C=O) groups excluding carboxylic acids is 3. The number of nitrogens with two attached hydrogens (primary N) is 1. The first-order valence-corrected chi connectivity index (χ1v) is 10.3. The zero-order chi connectivity index (χ0) is 20.2. The molecule has 0 saturated carbocycles. The summed E-state index contributed by atoms with van der Waals surface area (Å²) >= 11 is 0. The van der Waals surface area contributed by atoms with E-state index in [9.17, 15) is 14.4 Å². The van der Waals surface area contributed by atoms with Gasteiger partial charge >= 0.3 is 0 Å². The monoisotopic (exact) mass is 398 g/mol. The highest BCUT2D eigenvalue weighted by Gasteiger charge is 2.46. The van der Waals surface area contributed by atoms with E-state index in [1.165, 1.54) is 0 Å². The van der Waals surface area contributed by atoms with Crippen molar-refractivity contribution in [3.63, 3.8) is 0 Å². The normalized spacial score (nSPS) is 32.3. The van der Waals surface area contributed by atoms with Gasteiger partial charge in [-0.25, -0.2) is 0 Å². The first-order chi connectivity index (χ1) is 13.9. The molecular weight excluding hydrogens is 372 g/mol. The minimum absolute atomic E-state index is 0.130. The molecule has 0 aromatic heterocycles. The van der Waals surface area contributed by atoms with E-state index in [0.717, 1.165) is 43.8 Å². The maximum Gasteiger partial charge on any atom is 0.255 e. The van der Waals surface area contributed by atoms with Crippen LogP contribution in [0.1, 0.15) is 40.7 Å². The summed E-state index contributed by atoms with van der Waals surface area (Å²) in [6, 6.07) is 5.21. The van der Waals surface area contributed by atoms with Crippen LogP contribution in [0.2, 0.25) is 0 Å². The smallest absolute Gasteiger partial charge is 0.255 e. The van der Waals surface area contributed by atoms with Gasteiger partial charge in [-0.3, -0.25) is 24.6 Å². The lowest BCUT2D eigenvalue weighted by molar-refractivity contribution is -0.136. The molecule has 3 saturated heterocycles. The number of imide groups is 1. The molecule has 4 aliphatic rings. The number of ether oxygens (including phenoxy) is 1. The van der Waals surface area contributed by atoms with Crippen molar-refractivity contribution in [2.45, 2.75) is 43.9 Å². The Hall–Kier alpha value is -2.29. The molecule has 3 amide bonds. The Bertz CT molecular complexity index is 887. The molecule has 0 radical (unpaired) electrons. The molecule has 4 aliphatic heterocycles. The van der Waals surface area contributed by atoms with E-state index in [1.807, 2.05) is 12.1 Å². The number of rotatable bonds is 3. The molecule has 8 heteroatoms. The molecule has 3 unspecified atom stereocenters. The van der Waals surface area contributed by atoms with Crippen LogP contribution >= 0.6 is 0 Å². The van der Waals surface area contributed by atoms with Crippen LogP contribution in [-0.2, 0) is 27.4 Å². The quantitative estimate of drug-likeness (QED) is 0.695. The molecule has 3 fully saturated rings. The number of benzene rings is 1. The number of piperidine rings is 1. The van der Waals surface area contributed by atoms with E-state index in [2.05, 4.69) is 16.3 Å². The topological polar surface area (TPSA) is 105 Å². The summed E-state index contributed by atoms with van der Waals surface area (Å²) in [5.74, 6) is -0.339. The van der Waals surface area contributed by atoms with Crippen LogP contribution in [0.5, 0.6) is 0 Å². The van der Waals surface area contributed by atoms with E-state index in [-0.39, 0.29) is 29.7 Å². The summed E-state index contributed by atoms with van der Waals surface area (Å²) in [6.07, 6.45) is 1.63. The Kier molecular flexibility index (Phi) is 4.45. The SMILES string of the molecule is NC12COCCC1CN(Cc1cccc3c1CN(C1CCC(=O)NC1=O)C3=O)C2. The summed E-state index contributed by atoms with van der Waals surface area (Å²) in [7, 11) is 0. The first-order valence-electron chi connectivity index (χ1n) is 10.3. The van der Waals surface area contributed by atoms with E-state index in [4.69, 9.17) is 10.5 Å². The fraction of sp³-hybridized carbons (Fsp3) is 0.571. The molecule has 8 nitrogen and oxygen atoms in total. The zero-order valence-electron chi connectivity index (χ0n) is 16.4. The lowest BCUT2D eigenvalue weighted by Gasteiger charge is -2.34. The van der Waals surface area contributed by atoms with Crippen molar-refractivity contribution in [1.82, 2.24) is 15.1 Å². The van der Waals surface area contributed by atoms with E-state index >= 15 is 0 Å². The van der Waals surface area contributed by atoms with Crippen LogP contribution in [-0.4, -0.2) is 65.4 Å². The lowest BCUT2D eigenvalue weighted by Crippen LogP contribution is -2.54. The van der Waals surface area contributed by atoms with Crippen molar-refractivity contribution < 1.29 is 19.1 Å². The standard InChI is InChI=1S/C21H26N4O4/c22-21-11-24(9-14(21)6-7-29-12-21)8-13-2-1-3-15-16(13)10-25(20(15)28)17-4-5-18(26)23-19(17)27/h1-3,14,17H,4-12,22H2,(H,23,26,27). The van der Waals surface area contributed by atoms with Crippen molar-refractivity contribution in [2.75, 3.05) is 26.3 Å². The van der Waals surface area contributed by atoms with Gasteiger partial charge in [0.1, 0.15) is 6.04 Å². The molecule has 29 heavy (non-hydrogen) atoms. The fourth-order valence-corrected chi connectivity index (χ4v) is 5.29. The van der Waals surface area contributed by atoms with E-state index in [1.54, 1.807) is 4.90 Å². The maximum atomic E-state index is 13.0. The van der Waals surface area contributed by atoms with Gasteiger partial charge < -0.3 is 15.4 Å². The molecule has 1 aromatic carbocycles. The second-order valence-electron chi connectivity index (χ2n) is 8.78. The van der Waals surface area contributed by atoms with Gasteiger partial charge in [-0.05, 0) is 36.0 Å². The van der Waals surface area contributed by atoms with Crippen LogP contribution in [0.3, 0.4) is 0 Å². The molecule has 1 aromatic rings. The number of fused-ring (bicyclic) bond motifs is 2. The zero-order valence-corrected chi connectivity index (χ0v) is 16.4. The largest absolute Gasteiger partial charge is 0.379 e. The highest BCUT2D eigenvalue weighted by atomic mass is 16.5. The second kappa shape index (κ2) is 6.90. The number of carbonyl (C=O) groups is 3. The Balaban J connectivity index is 1.35. The van der Waals surface area contributed by atoms with Gasteiger partial charge in [0, 0.05) is 44.8 Å². The summed E-state index contributed by atoms with van der Waals surface area (Å²) in [5.41, 5.74) is 9.05. The van der Waals surface area contributed by atoms with Crippen LogP contribution in [0.4, 0.5) is 0 Å². The molecule has 154 valence electrons. The van der Waals surface area contributed by atoms with Crippen molar-refractivity contribution in [2.24, 2.45) is 11.7 Å². The predicted octanol–water partition coefficient (Wildman–Crippen LogP) is -0.00280. The average molecular weight is 398 g/mol. The van der Waals surface area contributed by atoms with Crippen LogP contribution in [0, 0.1) is 5.92 Å². The van der Waals surface area contributed by atoms with Crippen molar-refractivity contribution in [3.8, 4) is 0 Å². The second-order valence-corrected chi connectivity index (χ2v) is 8.78. The highest BCUT2D eigenvalue weighted by Crippen LogP contribution is 2.35. The Morgan fingerprint density at radius 2 is 2.10 bits per heavy atom. The summed E-state index contributed by atoms with van der Waals surface area (Å²) in [4.78, 5) is 40.7. The minimum atomic E-state index is -0.584. The fourth-order valence-electron chi connectivity index (χ4n) is 5.29. The molecule has 0 aliphatic carbocycles. The van der Waals surface area contributed by atoms with E-state index in [0.29, 0.717) is 31.1 Å². The van der Waals surface area contributed by atoms with Gasteiger partial charge in [0.05, 0.1) is 12.1 Å². The van der Waals surface area contributed by atoms with Crippen LogP contribution in [0.15, 0.2) is 18.2 Å². The minimum Gasteiger partial charge on any atom is -0.379 e.